The number of hydrogen-bond donors (Lipinski definition) is 0. The van der Waals surface area contributed by atoms with Crippen LogP contribution in [0.5, 0.6) is 0 Å². The van der Waals surface area contributed by atoms with E-state index in [1.54, 1.807) is 4.90 Å². The third-order valence-corrected chi connectivity index (χ3v) is 4.74. The Labute approximate surface area is 161 Å². The number of hydrogen-bond acceptors (Lipinski definition) is 5. The molecule has 27 heavy (non-hydrogen) atoms. The zero-order chi connectivity index (χ0) is 19.3. The summed E-state index contributed by atoms with van der Waals surface area (Å²) in [6.07, 6.45) is 1.35. The Kier molecular flexibility index (Phi) is 6.40. The van der Waals surface area contributed by atoms with E-state index in [1.165, 1.54) is 0 Å². The van der Waals surface area contributed by atoms with Crippen LogP contribution in [-0.2, 0) is 25.6 Å². The van der Waals surface area contributed by atoms with Gasteiger partial charge in [0.15, 0.2) is 0 Å². The Balaban J connectivity index is 1.61. The molecule has 6 heteroatoms. The van der Waals surface area contributed by atoms with Gasteiger partial charge >= 0.3 is 6.09 Å². The van der Waals surface area contributed by atoms with Gasteiger partial charge in [-0.2, -0.15) is 0 Å². The van der Waals surface area contributed by atoms with Crippen LogP contribution in [-0.4, -0.2) is 61.2 Å². The molecule has 1 aromatic carbocycles. The highest BCUT2D eigenvalue weighted by Crippen LogP contribution is 2.30. The topological polar surface area (TPSA) is 57.2 Å². The van der Waals surface area contributed by atoms with Gasteiger partial charge < -0.3 is 23.8 Å². The van der Waals surface area contributed by atoms with E-state index in [4.69, 9.17) is 18.9 Å². The normalized spacial score (nSPS) is 26.2. The SMILES string of the molecule is CC(C)(C)OC(=O)N1C[C@@H](COCc2ccccc2)OCC2(CCCO2)C1. The minimum absolute atomic E-state index is 0.204. The van der Waals surface area contributed by atoms with Crippen molar-refractivity contribution in [3.05, 3.63) is 35.9 Å². The van der Waals surface area contributed by atoms with Crippen molar-refractivity contribution in [1.29, 1.82) is 0 Å². The van der Waals surface area contributed by atoms with Gasteiger partial charge in [-0.25, -0.2) is 4.79 Å². The summed E-state index contributed by atoms with van der Waals surface area (Å²) in [4.78, 5) is 14.4. The molecule has 2 fully saturated rings. The molecule has 0 bridgehead atoms. The van der Waals surface area contributed by atoms with E-state index >= 15 is 0 Å². The lowest BCUT2D eigenvalue weighted by Crippen LogP contribution is -2.48. The lowest BCUT2D eigenvalue weighted by molar-refractivity contribution is -0.0835. The highest BCUT2D eigenvalue weighted by molar-refractivity contribution is 5.68. The molecule has 2 saturated heterocycles. The third-order valence-electron chi connectivity index (χ3n) is 4.74. The van der Waals surface area contributed by atoms with Crippen LogP contribution < -0.4 is 0 Å². The second-order valence-corrected chi connectivity index (χ2v) is 8.43. The smallest absolute Gasteiger partial charge is 0.410 e. The van der Waals surface area contributed by atoms with Crippen LogP contribution >= 0.6 is 0 Å². The maximum atomic E-state index is 12.7. The molecule has 0 aliphatic carbocycles. The number of amides is 1. The van der Waals surface area contributed by atoms with Crippen molar-refractivity contribution in [2.45, 2.75) is 57.5 Å². The summed E-state index contributed by atoms with van der Waals surface area (Å²) >= 11 is 0. The van der Waals surface area contributed by atoms with Crippen molar-refractivity contribution in [3.63, 3.8) is 0 Å². The van der Waals surface area contributed by atoms with Gasteiger partial charge in [0.25, 0.3) is 0 Å². The van der Waals surface area contributed by atoms with Crippen LogP contribution in [0.4, 0.5) is 4.79 Å². The molecule has 2 aliphatic rings. The maximum Gasteiger partial charge on any atom is 0.410 e. The monoisotopic (exact) mass is 377 g/mol. The highest BCUT2D eigenvalue weighted by Gasteiger charge is 2.43. The summed E-state index contributed by atoms with van der Waals surface area (Å²) in [5, 5.41) is 0. The van der Waals surface area contributed by atoms with Crippen molar-refractivity contribution in [2.75, 3.05) is 32.9 Å². The van der Waals surface area contributed by atoms with Gasteiger partial charge in [-0.1, -0.05) is 30.3 Å². The fraction of sp³-hybridized carbons (Fsp3) is 0.667. The summed E-state index contributed by atoms with van der Waals surface area (Å²) in [5.74, 6) is 0. The number of ether oxygens (including phenoxy) is 4. The first-order valence-corrected chi connectivity index (χ1v) is 9.70. The predicted molar refractivity (Wildman–Crippen MR) is 102 cm³/mol. The third kappa shape index (κ3) is 5.92. The zero-order valence-corrected chi connectivity index (χ0v) is 16.6. The molecule has 0 saturated carbocycles. The summed E-state index contributed by atoms with van der Waals surface area (Å²) in [7, 11) is 0. The highest BCUT2D eigenvalue weighted by atomic mass is 16.6. The van der Waals surface area contributed by atoms with E-state index in [0.29, 0.717) is 39.5 Å². The second kappa shape index (κ2) is 8.59. The molecule has 1 amide bonds. The Morgan fingerprint density at radius 3 is 2.74 bits per heavy atom. The average molecular weight is 377 g/mol. The van der Waals surface area contributed by atoms with E-state index in [9.17, 15) is 4.79 Å². The van der Waals surface area contributed by atoms with Crippen molar-refractivity contribution < 1.29 is 23.7 Å². The molecule has 2 heterocycles. The number of benzene rings is 1. The van der Waals surface area contributed by atoms with Crippen LogP contribution in [0.2, 0.25) is 0 Å². The number of rotatable bonds is 4. The van der Waals surface area contributed by atoms with Crippen LogP contribution in [0.15, 0.2) is 30.3 Å². The summed E-state index contributed by atoms with van der Waals surface area (Å²) in [6, 6.07) is 10.0. The number of carbonyl (C=O) groups is 1. The van der Waals surface area contributed by atoms with Crippen molar-refractivity contribution in [1.82, 2.24) is 4.90 Å². The molecule has 150 valence electrons. The van der Waals surface area contributed by atoms with E-state index in [-0.39, 0.29) is 12.2 Å². The van der Waals surface area contributed by atoms with E-state index in [0.717, 1.165) is 18.4 Å². The first kappa shape index (κ1) is 20.1. The summed E-state index contributed by atoms with van der Waals surface area (Å²) < 4.78 is 23.5. The Morgan fingerprint density at radius 2 is 2.07 bits per heavy atom. The molecule has 0 aromatic heterocycles. The lowest BCUT2D eigenvalue weighted by atomic mass is 10.0. The molecule has 0 radical (unpaired) electrons. The zero-order valence-electron chi connectivity index (χ0n) is 16.6. The first-order chi connectivity index (χ1) is 12.9. The molecular formula is C21H31NO5. The molecule has 3 rings (SSSR count). The van der Waals surface area contributed by atoms with E-state index < -0.39 is 11.2 Å². The fourth-order valence-electron chi connectivity index (χ4n) is 3.47. The molecule has 1 aromatic rings. The Hall–Kier alpha value is -1.63. The van der Waals surface area contributed by atoms with Gasteiger partial charge in [0, 0.05) is 6.61 Å². The lowest BCUT2D eigenvalue weighted by Gasteiger charge is -2.32. The summed E-state index contributed by atoms with van der Waals surface area (Å²) in [5.41, 5.74) is 0.156. The van der Waals surface area contributed by atoms with Crippen LogP contribution in [0.1, 0.15) is 39.2 Å². The van der Waals surface area contributed by atoms with Gasteiger partial charge in [0.05, 0.1) is 39.0 Å². The van der Waals surface area contributed by atoms with Crippen LogP contribution in [0.3, 0.4) is 0 Å². The quantitative estimate of drug-likeness (QED) is 0.805. The molecule has 1 unspecified atom stereocenters. The van der Waals surface area contributed by atoms with Crippen molar-refractivity contribution in [2.24, 2.45) is 0 Å². The van der Waals surface area contributed by atoms with Gasteiger partial charge in [0.2, 0.25) is 0 Å². The second-order valence-electron chi connectivity index (χ2n) is 8.43. The number of carbonyl (C=O) groups excluding carboxylic acids is 1. The Morgan fingerprint density at radius 1 is 1.30 bits per heavy atom. The largest absolute Gasteiger partial charge is 0.444 e. The minimum atomic E-state index is -0.534. The number of nitrogens with zero attached hydrogens (tertiary/aromatic N) is 1. The molecular weight excluding hydrogens is 346 g/mol. The van der Waals surface area contributed by atoms with Crippen LogP contribution in [0.25, 0.3) is 0 Å². The maximum absolute atomic E-state index is 12.7. The van der Waals surface area contributed by atoms with E-state index in [1.807, 2.05) is 51.1 Å². The first-order valence-electron chi connectivity index (χ1n) is 9.70. The minimum Gasteiger partial charge on any atom is -0.444 e. The predicted octanol–water partition coefficient (Wildman–Crippen LogP) is 3.39. The molecule has 6 nitrogen and oxygen atoms in total. The van der Waals surface area contributed by atoms with Gasteiger partial charge in [-0.05, 0) is 39.2 Å². The van der Waals surface area contributed by atoms with Crippen molar-refractivity contribution in [3.8, 4) is 0 Å². The fourth-order valence-corrected chi connectivity index (χ4v) is 3.47. The summed E-state index contributed by atoms with van der Waals surface area (Å²) in [6.45, 7) is 8.70. The van der Waals surface area contributed by atoms with Gasteiger partial charge in [0.1, 0.15) is 11.2 Å². The molecule has 2 aliphatic heterocycles. The van der Waals surface area contributed by atoms with E-state index in [2.05, 4.69) is 0 Å². The van der Waals surface area contributed by atoms with Gasteiger partial charge in [-0.3, -0.25) is 0 Å². The molecule has 1 spiro atoms. The molecule has 0 N–H and O–H groups in total. The average Bonchev–Trinajstić information content (AvgIpc) is 2.98. The molecule has 2 atom stereocenters. The van der Waals surface area contributed by atoms with Crippen molar-refractivity contribution >= 4 is 6.09 Å². The van der Waals surface area contributed by atoms with Crippen LogP contribution in [0, 0.1) is 0 Å². The van der Waals surface area contributed by atoms with Gasteiger partial charge in [-0.15, -0.1) is 0 Å². The Bertz CT molecular complexity index is 607. The standard InChI is InChI=1S/C21H31NO5/c1-20(2,3)27-19(23)22-12-18(14-24-13-17-8-5-4-6-9-17)25-16-21(15-22)10-7-11-26-21/h4-6,8-9,18H,7,10-16H2,1-3H3/t18-,21?/m0/s1.